The van der Waals surface area contributed by atoms with Gasteiger partial charge in [-0.25, -0.2) is 0 Å². The lowest BCUT2D eigenvalue weighted by atomic mass is 9.80. The predicted molar refractivity (Wildman–Crippen MR) is 356 cm³/mol. The van der Waals surface area contributed by atoms with E-state index in [1.807, 2.05) is 18.2 Å². The first-order valence-corrected chi connectivity index (χ1v) is 29.1. The summed E-state index contributed by atoms with van der Waals surface area (Å²) >= 11 is 0. The first-order chi connectivity index (χ1) is 40.6. The Labute approximate surface area is 493 Å². The smallest absolute Gasteiger partial charge is 0.0566 e. The summed E-state index contributed by atoms with van der Waals surface area (Å²) in [5.41, 5.74) is 29.3. The summed E-state index contributed by atoms with van der Waals surface area (Å²) < 4.78 is 0. The SMILES string of the molecule is C/C=C(\C=C/c1ccc2c(c1)-c1ccccc1C2(C)C)N(c1ccccc1)c1ccc(-c2ccc(N(c3ccccc3)c3ccc(N(c4ccccc4)C4C=C5C(=CC4)C(C)(C)c4ccccc45)cc3)cc2)cc1.CN.Cc1ccccc1. The fraction of sp³-hybridized carbons (Fsp3) is 0.139. The maximum atomic E-state index is 4.50. The molecular formula is C79H74N4. The molecular weight excluding hydrogens is 1000 g/mol. The van der Waals surface area contributed by atoms with Crippen molar-refractivity contribution in [2.24, 2.45) is 5.73 Å². The van der Waals surface area contributed by atoms with Crippen LogP contribution in [0.4, 0.5) is 39.8 Å². The molecule has 0 saturated carbocycles. The summed E-state index contributed by atoms with van der Waals surface area (Å²) in [6, 6.07) is 94.4. The van der Waals surface area contributed by atoms with Gasteiger partial charge in [-0.3, -0.25) is 0 Å². The molecule has 3 aliphatic carbocycles. The minimum atomic E-state index is -0.0120. The van der Waals surface area contributed by atoms with Gasteiger partial charge in [-0.2, -0.15) is 0 Å². The molecule has 3 aliphatic rings. The topological polar surface area (TPSA) is 35.7 Å². The summed E-state index contributed by atoms with van der Waals surface area (Å²) in [5, 5.41) is 0. The van der Waals surface area contributed by atoms with E-state index in [9.17, 15) is 0 Å². The number of nitrogens with zero attached hydrogens (tertiary/aromatic N) is 3. The minimum absolute atomic E-state index is 0.00724. The molecule has 410 valence electrons. The second-order valence-electron chi connectivity index (χ2n) is 22.5. The molecule has 13 rings (SSSR count). The summed E-state index contributed by atoms with van der Waals surface area (Å²) in [6.45, 7) is 13.6. The number of benzene rings is 10. The van der Waals surface area contributed by atoms with Crippen molar-refractivity contribution in [2.45, 2.75) is 64.8 Å². The van der Waals surface area contributed by atoms with Crippen molar-refractivity contribution in [3.8, 4) is 22.3 Å². The van der Waals surface area contributed by atoms with Gasteiger partial charge >= 0.3 is 0 Å². The van der Waals surface area contributed by atoms with E-state index >= 15 is 0 Å². The molecule has 0 saturated heterocycles. The van der Waals surface area contributed by atoms with Crippen LogP contribution in [0, 0.1) is 6.92 Å². The molecule has 83 heavy (non-hydrogen) atoms. The van der Waals surface area contributed by atoms with E-state index in [0.29, 0.717) is 0 Å². The number of nitrogens with two attached hydrogens (primary N) is 1. The van der Waals surface area contributed by atoms with E-state index in [1.165, 1.54) is 68.4 Å². The van der Waals surface area contributed by atoms with Crippen LogP contribution in [0.5, 0.6) is 0 Å². The first kappa shape index (κ1) is 55.4. The average Bonchev–Trinajstić information content (AvgIpc) is 3.67. The Balaban J connectivity index is 0.000000740. The Morgan fingerprint density at radius 3 is 1.45 bits per heavy atom. The number of para-hydroxylation sites is 3. The maximum absolute atomic E-state index is 4.50. The van der Waals surface area contributed by atoms with E-state index in [0.717, 1.165) is 57.4 Å². The Bertz CT molecular complexity index is 3950. The lowest BCUT2D eigenvalue weighted by molar-refractivity contribution is 0.648. The first-order valence-electron chi connectivity index (χ1n) is 29.1. The second kappa shape index (κ2) is 24.3. The highest BCUT2D eigenvalue weighted by Gasteiger charge is 2.40. The van der Waals surface area contributed by atoms with Crippen LogP contribution in [0.3, 0.4) is 0 Å². The van der Waals surface area contributed by atoms with Crippen LogP contribution < -0.4 is 20.4 Å². The molecule has 1 unspecified atom stereocenters. The van der Waals surface area contributed by atoms with Gasteiger partial charge in [0.05, 0.1) is 6.04 Å². The zero-order chi connectivity index (χ0) is 57.5. The second-order valence-corrected chi connectivity index (χ2v) is 22.5. The third-order valence-corrected chi connectivity index (χ3v) is 16.7. The molecule has 0 spiro atoms. The van der Waals surface area contributed by atoms with E-state index < -0.39 is 0 Å². The number of fused-ring (bicyclic) bond motifs is 6. The normalized spacial score (nSPS) is 14.9. The number of allylic oxidation sites excluding steroid dienone is 4. The number of hydrogen-bond acceptors (Lipinski definition) is 4. The van der Waals surface area contributed by atoms with Crippen molar-refractivity contribution in [3.63, 3.8) is 0 Å². The van der Waals surface area contributed by atoms with Crippen LogP contribution in [-0.2, 0) is 10.8 Å². The van der Waals surface area contributed by atoms with Gasteiger partial charge in [-0.15, -0.1) is 0 Å². The minimum Gasteiger partial charge on any atom is -0.334 e. The summed E-state index contributed by atoms with van der Waals surface area (Å²) in [6.07, 6.45) is 12.6. The molecule has 1 atom stereocenters. The average molecular weight is 1080 g/mol. The Hall–Kier alpha value is -9.48. The van der Waals surface area contributed by atoms with Crippen LogP contribution in [0.2, 0.25) is 0 Å². The molecule has 0 fully saturated rings. The van der Waals surface area contributed by atoms with Gasteiger partial charge < -0.3 is 20.4 Å². The molecule has 0 bridgehead atoms. The number of hydrogen-bond donors (Lipinski definition) is 1. The van der Waals surface area contributed by atoms with Crippen molar-refractivity contribution in [2.75, 3.05) is 21.7 Å². The largest absolute Gasteiger partial charge is 0.334 e. The lowest BCUT2D eigenvalue weighted by Crippen LogP contribution is -2.31. The lowest BCUT2D eigenvalue weighted by Gasteiger charge is -2.35. The molecule has 0 aliphatic heterocycles. The van der Waals surface area contributed by atoms with E-state index in [-0.39, 0.29) is 16.9 Å². The summed E-state index contributed by atoms with van der Waals surface area (Å²) in [4.78, 5) is 7.20. The summed E-state index contributed by atoms with van der Waals surface area (Å²) in [5.74, 6) is 0. The van der Waals surface area contributed by atoms with E-state index in [1.54, 1.807) is 0 Å². The maximum Gasteiger partial charge on any atom is 0.0566 e. The van der Waals surface area contributed by atoms with Gasteiger partial charge in [0, 0.05) is 56.3 Å². The van der Waals surface area contributed by atoms with Crippen molar-refractivity contribution in [1.29, 1.82) is 0 Å². The van der Waals surface area contributed by atoms with Crippen LogP contribution >= 0.6 is 0 Å². The summed E-state index contributed by atoms with van der Waals surface area (Å²) in [7, 11) is 1.50. The van der Waals surface area contributed by atoms with Gasteiger partial charge in [-0.1, -0.05) is 227 Å². The standard InChI is InChI=1S/C71H61N3.C7H8.CH5N/c1-6-53(36-30-50-31-46-68-64(48-50)62-26-16-18-28-66(62)70(68,2)3)72(54-20-10-7-11-21-54)57-37-32-51(33-38-57)52-34-39-58(40-35-52)73(55-22-12-8-13-23-55)59-41-43-60(44-42-59)74(56-24-14-9-15-25-56)61-45-47-69-65(49-61)63-27-17-19-29-67(63)71(69,4)5;1-7-5-3-2-4-6-7;1-2/h6-44,46-49,61H,45H2,1-5H3;2-6H,1H3;2H2,1H3/b36-30-,53-6+;;. The van der Waals surface area contributed by atoms with Gasteiger partial charge in [-0.05, 0) is 186 Å². The van der Waals surface area contributed by atoms with Crippen LogP contribution in [0.25, 0.3) is 33.9 Å². The van der Waals surface area contributed by atoms with Gasteiger partial charge in [0.15, 0.2) is 0 Å². The molecule has 0 amide bonds. The predicted octanol–water partition coefficient (Wildman–Crippen LogP) is 20.7. The number of rotatable bonds is 12. The van der Waals surface area contributed by atoms with Gasteiger partial charge in [0.1, 0.15) is 0 Å². The molecule has 10 aromatic carbocycles. The monoisotopic (exact) mass is 1080 g/mol. The zero-order valence-corrected chi connectivity index (χ0v) is 48.9. The highest BCUT2D eigenvalue weighted by atomic mass is 15.2. The van der Waals surface area contributed by atoms with Crippen LogP contribution in [-0.4, -0.2) is 13.1 Å². The zero-order valence-electron chi connectivity index (χ0n) is 48.9. The van der Waals surface area contributed by atoms with Crippen molar-refractivity contribution in [1.82, 2.24) is 0 Å². The molecule has 2 N–H and O–H groups in total. The van der Waals surface area contributed by atoms with E-state index in [4.69, 9.17) is 0 Å². The van der Waals surface area contributed by atoms with Crippen molar-refractivity contribution >= 4 is 51.5 Å². The van der Waals surface area contributed by atoms with Crippen LogP contribution in [0.1, 0.15) is 74.4 Å². The van der Waals surface area contributed by atoms with Crippen molar-refractivity contribution in [3.05, 3.63) is 330 Å². The fourth-order valence-corrected chi connectivity index (χ4v) is 12.5. The molecule has 4 heteroatoms. The Morgan fingerprint density at radius 2 is 0.880 bits per heavy atom. The van der Waals surface area contributed by atoms with E-state index in [2.05, 4.69) is 335 Å². The fourth-order valence-electron chi connectivity index (χ4n) is 12.5. The Kier molecular flexibility index (Phi) is 16.2. The molecule has 4 nitrogen and oxygen atoms in total. The molecule has 0 aromatic heterocycles. The number of anilines is 7. The Morgan fingerprint density at radius 1 is 0.446 bits per heavy atom. The molecule has 10 aromatic rings. The third kappa shape index (κ3) is 11.2. The molecule has 0 radical (unpaired) electrons. The van der Waals surface area contributed by atoms with Crippen LogP contribution in [0.15, 0.2) is 296 Å². The van der Waals surface area contributed by atoms with Gasteiger partial charge in [0.2, 0.25) is 0 Å². The third-order valence-electron chi connectivity index (χ3n) is 16.7. The quantitative estimate of drug-likeness (QED) is 0.124. The molecule has 0 heterocycles. The highest BCUT2D eigenvalue weighted by Crippen LogP contribution is 2.53. The number of aryl methyl sites for hydroxylation is 1. The van der Waals surface area contributed by atoms with Gasteiger partial charge in [0.25, 0.3) is 0 Å². The van der Waals surface area contributed by atoms with Crippen molar-refractivity contribution < 1.29 is 0 Å². The highest BCUT2D eigenvalue weighted by molar-refractivity contribution is 5.92.